The van der Waals surface area contributed by atoms with Crippen LogP contribution in [0.4, 0.5) is 5.69 Å². The molecular formula is C18H15N3O3. The molecule has 2 aromatic heterocycles. The number of fused-ring (bicyclic) bond motifs is 1. The number of amides is 1. The first-order valence-corrected chi connectivity index (χ1v) is 7.74. The highest BCUT2D eigenvalue weighted by atomic mass is 16.5. The van der Waals surface area contributed by atoms with E-state index in [9.17, 15) is 9.90 Å². The second-order valence-electron chi connectivity index (χ2n) is 5.66. The normalized spacial score (nSPS) is 13.6. The fraction of sp³-hybridized carbons (Fsp3) is 0.167. The summed E-state index contributed by atoms with van der Waals surface area (Å²) in [6, 6.07) is 10.5. The van der Waals surface area contributed by atoms with Gasteiger partial charge in [-0.2, -0.15) is 0 Å². The summed E-state index contributed by atoms with van der Waals surface area (Å²) in [5.74, 6) is 0.343. The van der Waals surface area contributed by atoms with Gasteiger partial charge in [-0.3, -0.25) is 9.78 Å². The zero-order valence-corrected chi connectivity index (χ0v) is 12.8. The van der Waals surface area contributed by atoms with Crippen molar-refractivity contribution in [2.75, 3.05) is 11.4 Å². The highest BCUT2D eigenvalue weighted by Gasteiger charge is 2.28. The second-order valence-corrected chi connectivity index (χ2v) is 5.66. The fourth-order valence-electron chi connectivity index (χ4n) is 3.00. The maximum absolute atomic E-state index is 12.8. The van der Waals surface area contributed by atoms with Gasteiger partial charge in [0, 0.05) is 30.6 Å². The van der Waals surface area contributed by atoms with E-state index in [4.69, 9.17) is 4.52 Å². The van der Waals surface area contributed by atoms with Gasteiger partial charge >= 0.3 is 0 Å². The minimum Gasteiger partial charge on any atom is -0.506 e. The summed E-state index contributed by atoms with van der Waals surface area (Å²) >= 11 is 0. The first kappa shape index (κ1) is 14.4. The van der Waals surface area contributed by atoms with Gasteiger partial charge in [0.05, 0.1) is 5.69 Å². The number of aromatic hydroxyl groups is 1. The molecule has 3 heterocycles. The largest absolute Gasteiger partial charge is 0.506 e. The molecule has 0 atom stereocenters. The molecule has 1 aliphatic rings. The standard InChI is InChI=1S/C18H15N3O3/c22-15-5-1-3-13-4-2-10-21(17(13)15)18(23)14-11-16(24-20-14)12-6-8-19-9-7-12/h1,3,5-9,11,22H,2,4,10H2. The van der Waals surface area contributed by atoms with Crippen LogP contribution in [-0.4, -0.2) is 27.7 Å². The zero-order chi connectivity index (χ0) is 16.5. The first-order valence-electron chi connectivity index (χ1n) is 7.74. The van der Waals surface area contributed by atoms with Crippen molar-refractivity contribution in [1.82, 2.24) is 10.1 Å². The summed E-state index contributed by atoms with van der Waals surface area (Å²) in [7, 11) is 0. The molecule has 0 spiro atoms. The van der Waals surface area contributed by atoms with Crippen molar-refractivity contribution in [1.29, 1.82) is 0 Å². The SMILES string of the molecule is O=C(c1cc(-c2ccncc2)on1)N1CCCc2cccc(O)c21. The van der Waals surface area contributed by atoms with Gasteiger partial charge in [0.25, 0.3) is 5.91 Å². The summed E-state index contributed by atoms with van der Waals surface area (Å²) < 4.78 is 5.29. The van der Waals surface area contributed by atoms with Gasteiger partial charge in [0.1, 0.15) is 5.75 Å². The predicted molar refractivity (Wildman–Crippen MR) is 87.8 cm³/mol. The molecule has 1 N–H and O–H groups in total. The van der Waals surface area contributed by atoms with Gasteiger partial charge in [-0.05, 0) is 36.6 Å². The molecule has 6 nitrogen and oxygen atoms in total. The quantitative estimate of drug-likeness (QED) is 0.785. The molecule has 0 bridgehead atoms. The Morgan fingerprint density at radius 1 is 1.21 bits per heavy atom. The third-order valence-corrected chi connectivity index (χ3v) is 4.14. The molecule has 24 heavy (non-hydrogen) atoms. The van der Waals surface area contributed by atoms with Crippen LogP contribution in [0.25, 0.3) is 11.3 Å². The molecule has 0 saturated heterocycles. The number of aromatic nitrogens is 2. The van der Waals surface area contributed by atoms with Crippen molar-refractivity contribution in [2.24, 2.45) is 0 Å². The van der Waals surface area contributed by atoms with E-state index < -0.39 is 0 Å². The van der Waals surface area contributed by atoms with Crippen molar-refractivity contribution in [3.05, 3.63) is 60.0 Å². The summed E-state index contributed by atoms with van der Waals surface area (Å²) in [4.78, 5) is 18.4. The molecule has 1 amide bonds. The number of benzene rings is 1. The minimum atomic E-state index is -0.276. The second kappa shape index (κ2) is 5.81. The highest BCUT2D eigenvalue weighted by Crippen LogP contribution is 2.36. The van der Waals surface area contributed by atoms with E-state index in [0.717, 1.165) is 24.0 Å². The van der Waals surface area contributed by atoms with E-state index in [1.807, 2.05) is 6.07 Å². The number of aryl methyl sites for hydroxylation is 1. The summed E-state index contributed by atoms with van der Waals surface area (Å²) in [5.41, 5.74) is 2.56. The van der Waals surface area contributed by atoms with E-state index in [1.165, 1.54) is 0 Å². The maximum atomic E-state index is 12.8. The van der Waals surface area contributed by atoms with Crippen LogP contribution in [0, 0.1) is 0 Å². The average Bonchev–Trinajstić information content (AvgIpc) is 3.12. The number of pyridine rings is 1. The molecule has 0 unspecified atom stereocenters. The summed E-state index contributed by atoms with van der Waals surface area (Å²) in [6.07, 6.45) is 4.99. The molecule has 3 aromatic rings. The van der Waals surface area contributed by atoms with Gasteiger partial charge in [-0.15, -0.1) is 0 Å². The molecule has 0 saturated carbocycles. The number of nitrogens with zero attached hydrogens (tertiary/aromatic N) is 3. The number of phenols is 1. The Hall–Kier alpha value is -3.15. The van der Waals surface area contributed by atoms with Crippen molar-refractivity contribution in [3.63, 3.8) is 0 Å². The van der Waals surface area contributed by atoms with E-state index >= 15 is 0 Å². The van der Waals surface area contributed by atoms with Crippen LogP contribution in [0.2, 0.25) is 0 Å². The average molecular weight is 321 g/mol. The lowest BCUT2D eigenvalue weighted by atomic mass is 10.0. The summed E-state index contributed by atoms with van der Waals surface area (Å²) in [6.45, 7) is 0.543. The third-order valence-electron chi connectivity index (χ3n) is 4.14. The Balaban J connectivity index is 1.68. The molecule has 0 radical (unpaired) electrons. The molecule has 4 rings (SSSR count). The number of phenolic OH excluding ortho intramolecular Hbond substituents is 1. The predicted octanol–water partition coefficient (Wildman–Crippen LogP) is 3.04. The lowest BCUT2D eigenvalue weighted by Crippen LogP contribution is -2.35. The van der Waals surface area contributed by atoms with Gasteiger partial charge in [-0.1, -0.05) is 17.3 Å². The van der Waals surface area contributed by atoms with Gasteiger partial charge in [-0.25, -0.2) is 0 Å². The summed E-state index contributed by atoms with van der Waals surface area (Å²) in [5, 5.41) is 14.1. The number of hydrogen-bond acceptors (Lipinski definition) is 5. The van der Waals surface area contributed by atoms with Crippen LogP contribution >= 0.6 is 0 Å². The van der Waals surface area contributed by atoms with Gasteiger partial charge in [0.2, 0.25) is 0 Å². The van der Waals surface area contributed by atoms with Crippen LogP contribution < -0.4 is 4.90 Å². The van der Waals surface area contributed by atoms with Crippen LogP contribution in [0.15, 0.2) is 53.3 Å². The van der Waals surface area contributed by atoms with E-state index in [0.29, 0.717) is 18.0 Å². The lowest BCUT2D eigenvalue weighted by molar-refractivity contribution is 0.0975. The number of hydrogen-bond donors (Lipinski definition) is 1. The van der Waals surface area contributed by atoms with E-state index in [2.05, 4.69) is 10.1 Å². The number of para-hydroxylation sites is 1. The molecule has 0 fully saturated rings. The Morgan fingerprint density at radius 3 is 2.88 bits per heavy atom. The highest BCUT2D eigenvalue weighted by molar-refractivity contribution is 6.06. The van der Waals surface area contributed by atoms with Crippen molar-refractivity contribution in [2.45, 2.75) is 12.8 Å². The van der Waals surface area contributed by atoms with E-state index in [1.54, 1.807) is 47.6 Å². The van der Waals surface area contributed by atoms with E-state index in [-0.39, 0.29) is 17.4 Å². The molecule has 120 valence electrons. The number of carbonyl (C=O) groups is 1. The Labute approximate surface area is 138 Å². The third kappa shape index (κ3) is 2.42. The van der Waals surface area contributed by atoms with Crippen LogP contribution in [0.5, 0.6) is 5.75 Å². The molecule has 1 aliphatic heterocycles. The van der Waals surface area contributed by atoms with Crippen LogP contribution in [0.1, 0.15) is 22.5 Å². The Morgan fingerprint density at radius 2 is 2.04 bits per heavy atom. The van der Waals surface area contributed by atoms with Gasteiger partial charge < -0.3 is 14.5 Å². The topological polar surface area (TPSA) is 79.5 Å². The van der Waals surface area contributed by atoms with Crippen molar-refractivity contribution in [3.8, 4) is 17.1 Å². The Bertz CT molecular complexity index is 890. The molecule has 1 aromatic carbocycles. The number of rotatable bonds is 2. The van der Waals surface area contributed by atoms with Crippen molar-refractivity contribution < 1.29 is 14.4 Å². The smallest absolute Gasteiger partial charge is 0.280 e. The Kier molecular flexibility index (Phi) is 3.49. The monoisotopic (exact) mass is 321 g/mol. The molecule has 0 aliphatic carbocycles. The lowest BCUT2D eigenvalue weighted by Gasteiger charge is -2.29. The van der Waals surface area contributed by atoms with Crippen LogP contribution in [0.3, 0.4) is 0 Å². The van der Waals surface area contributed by atoms with Crippen LogP contribution in [-0.2, 0) is 6.42 Å². The minimum absolute atomic E-state index is 0.110. The maximum Gasteiger partial charge on any atom is 0.280 e. The first-order chi connectivity index (χ1) is 11.7. The van der Waals surface area contributed by atoms with Crippen molar-refractivity contribution >= 4 is 11.6 Å². The fourth-order valence-corrected chi connectivity index (χ4v) is 3.00. The zero-order valence-electron chi connectivity index (χ0n) is 12.8. The molecule has 6 heteroatoms. The number of anilines is 1. The van der Waals surface area contributed by atoms with Gasteiger partial charge in [0.15, 0.2) is 11.5 Å². The molecular weight excluding hydrogens is 306 g/mol. The number of carbonyl (C=O) groups excluding carboxylic acids is 1.